The Morgan fingerprint density at radius 2 is 1.89 bits per heavy atom. The van der Waals surface area contributed by atoms with Gasteiger partial charge in [-0.25, -0.2) is 0 Å². The minimum absolute atomic E-state index is 0.153. The van der Waals surface area contributed by atoms with E-state index in [1.165, 1.54) is 6.07 Å². The number of aromatic nitrogens is 2. The number of nitrogens with zero attached hydrogens (tertiary/aromatic N) is 3. The highest BCUT2D eigenvalue weighted by molar-refractivity contribution is 6.04. The maximum atomic E-state index is 13.4. The Balaban J connectivity index is 1.71. The number of nitro benzene ring substituents is 1. The predicted octanol–water partition coefficient (Wildman–Crippen LogP) is 3.85. The van der Waals surface area contributed by atoms with E-state index in [1.807, 2.05) is 36.7 Å². The summed E-state index contributed by atoms with van der Waals surface area (Å²) in [6.07, 6.45) is 0. The predicted molar refractivity (Wildman–Crippen MR) is 98.3 cm³/mol. The molecule has 0 fully saturated rings. The smallest absolute Gasteiger partial charge is 0.306 e. The molecule has 0 unspecified atom stereocenters. The lowest BCUT2D eigenvalue weighted by Gasteiger charge is -2.08. The molecule has 0 aliphatic heterocycles. The fourth-order valence-electron chi connectivity index (χ4n) is 2.70. The molecule has 1 heterocycles. The van der Waals surface area contributed by atoms with Crippen molar-refractivity contribution in [3.8, 4) is 0 Å². The molecule has 0 spiro atoms. The highest BCUT2D eigenvalue weighted by atomic mass is 19.1. The Kier molecular flexibility index (Phi) is 4.98. The molecule has 1 amide bonds. The Morgan fingerprint density at radius 1 is 1.19 bits per heavy atom. The average molecular weight is 368 g/mol. The third-order valence-electron chi connectivity index (χ3n) is 4.05. The summed E-state index contributed by atoms with van der Waals surface area (Å²) in [6.45, 7) is 4.49. The summed E-state index contributed by atoms with van der Waals surface area (Å²) in [5.41, 5.74) is 2.83. The lowest BCUT2D eigenvalue weighted by atomic mass is 10.1. The Bertz CT molecular complexity index is 1010. The van der Waals surface area contributed by atoms with Crippen LogP contribution in [-0.2, 0) is 6.54 Å². The third kappa shape index (κ3) is 4.17. The van der Waals surface area contributed by atoms with Crippen molar-refractivity contribution in [2.24, 2.45) is 0 Å². The first-order valence-corrected chi connectivity index (χ1v) is 8.19. The van der Waals surface area contributed by atoms with Crippen molar-refractivity contribution in [3.05, 3.63) is 87.0 Å². The molecule has 0 saturated heterocycles. The summed E-state index contributed by atoms with van der Waals surface area (Å²) in [4.78, 5) is 22.3. The fourth-order valence-corrected chi connectivity index (χ4v) is 2.70. The summed E-state index contributed by atoms with van der Waals surface area (Å²) < 4.78 is 15.2. The molecule has 0 atom stereocenters. The first-order valence-electron chi connectivity index (χ1n) is 8.19. The van der Waals surface area contributed by atoms with Crippen LogP contribution in [0.3, 0.4) is 0 Å². The topological polar surface area (TPSA) is 90.1 Å². The Morgan fingerprint density at radius 3 is 2.48 bits per heavy atom. The lowest BCUT2D eigenvalue weighted by molar-refractivity contribution is -0.387. The van der Waals surface area contributed by atoms with E-state index in [0.717, 1.165) is 29.1 Å². The number of anilines is 1. The number of aryl methyl sites for hydroxylation is 2. The minimum atomic E-state index is -0.952. The lowest BCUT2D eigenvalue weighted by Crippen LogP contribution is -2.12. The quantitative estimate of drug-likeness (QED) is 0.547. The molecule has 0 radical (unpaired) electrons. The van der Waals surface area contributed by atoms with Crippen LogP contribution in [0.15, 0.2) is 48.5 Å². The summed E-state index contributed by atoms with van der Waals surface area (Å²) in [6, 6.07) is 12.2. The van der Waals surface area contributed by atoms with Gasteiger partial charge in [-0.05, 0) is 49.7 Å². The standard InChI is InChI=1S/C19H17FN4O3/c1-12-9-13(2)23(22-12)11-14-3-5-15(6-4-14)19(25)21-16-7-8-17(20)18(10-16)24(26)27/h3-10H,11H2,1-2H3,(H,21,25). The molecule has 27 heavy (non-hydrogen) atoms. The maximum absolute atomic E-state index is 13.4. The van der Waals surface area contributed by atoms with Gasteiger partial charge in [-0.2, -0.15) is 9.49 Å². The molecule has 3 aromatic rings. The van der Waals surface area contributed by atoms with Crippen LogP contribution in [0.5, 0.6) is 0 Å². The van der Waals surface area contributed by atoms with Crippen LogP contribution in [0.4, 0.5) is 15.8 Å². The van der Waals surface area contributed by atoms with Crippen molar-refractivity contribution in [1.29, 1.82) is 0 Å². The van der Waals surface area contributed by atoms with E-state index >= 15 is 0 Å². The SMILES string of the molecule is Cc1cc(C)n(Cc2ccc(C(=O)Nc3ccc(F)c([N+](=O)[O-])c3)cc2)n1. The number of nitrogens with one attached hydrogen (secondary N) is 1. The zero-order valence-electron chi connectivity index (χ0n) is 14.8. The second-order valence-electron chi connectivity index (χ2n) is 6.16. The van der Waals surface area contributed by atoms with Gasteiger partial charge < -0.3 is 5.32 Å². The second-order valence-corrected chi connectivity index (χ2v) is 6.16. The van der Waals surface area contributed by atoms with Crippen molar-refractivity contribution in [3.63, 3.8) is 0 Å². The first-order chi connectivity index (χ1) is 12.8. The van der Waals surface area contributed by atoms with Crippen molar-refractivity contribution in [2.75, 3.05) is 5.32 Å². The highest BCUT2D eigenvalue weighted by Crippen LogP contribution is 2.22. The van der Waals surface area contributed by atoms with E-state index < -0.39 is 22.3 Å². The van der Waals surface area contributed by atoms with Crippen molar-refractivity contribution < 1.29 is 14.1 Å². The number of benzene rings is 2. The van der Waals surface area contributed by atoms with Gasteiger partial charge in [0, 0.05) is 23.0 Å². The molecular formula is C19H17FN4O3. The number of nitro groups is 1. The number of hydrogen-bond donors (Lipinski definition) is 1. The first kappa shape index (κ1) is 18.2. The molecule has 0 saturated carbocycles. The molecule has 0 bridgehead atoms. The van der Waals surface area contributed by atoms with Gasteiger partial charge in [0.25, 0.3) is 5.91 Å². The Hall–Kier alpha value is -3.55. The largest absolute Gasteiger partial charge is 0.322 e. The van der Waals surface area contributed by atoms with Crippen LogP contribution in [0.1, 0.15) is 27.3 Å². The number of carbonyl (C=O) groups is 1. The number of halogens is 1. The molecular weight excluding hydrogens is 351 g/mol. The van der Waals surface area contributed by atoms with E-state index in [-0.39, 0.29) is 5.69 Å². The van der Waals surface area contributed by atoms with Crippen LogP contribution in [-0.4, -0.2) is 20.6 Å². The summed E-state index contributed by atoms with van der Waals surface area (Å²) >= 11 is 0. The number of hydrogen-bond acceptors (Lipinski definition) is 4. The molecule has 138 valence electrons. The van der Waals surface area contributed by atoms with E-state index in [4.69, 9.17) is 0 Å². The van der Waals surface area contributed by atoms with Gasteiger partial charge in [0.05, 0.1) is 17.2 Å². The van der Waals surface area contributed by atoms with Crippen LogP contribution in [0.25, 0.3) is 0 Å². The van der Waals surface area contributed by atoms with Crippen molar-refractivity contribution in [1.82, 2.24) is 9.78 Å². The minimum Gasteiger partial charge on any atom is -0.322 e. The second kappa shape index (κ2) is 7.36. The van der Waals surface area contributed by atoms with E-state index in [9.17, 15) is 19.3 Å². The monoisotopic (exact) mass is 368 g/mol. The number of rotatable bonds is 5. The van der Waals surface area contributed by atoms with Crippen LogP contribution >= 0.6 is 0 Å². The molecule has 8 heteroatoms. The van der Waals surface area contributed by atoms with E-state index in [0.29, 0.717) is 12.1 Å². The normalized spacial score (nSPS) is 10.6. The van der Waals surface area contributed by atoms with Gasteiger partial charge in [0.2, 0.25) is 5.82 Å². The molecule has 7 nitrogen and oxygen atoms in total. The molecule has 3 rings (SSSR count). The number of amides is 1. The van der Waals surface area contributed by atoms with Crippen molar-refractivity contribution >= 4 is 17.3 Å². The van der Waals surface area contributed by atoms with Crippen molar-refractivity contribution in [2.45, 2.75) is 20.4 Å². The summed E-state index contributed by atoms with van der Waals surface area (Å²) in [7, 11) is 0. The Labute approximate surface area is 154 Å². The highest BCUT2D eigenvalue weighted by Gasteiger charge is 2.16. The van der Waals surface area contributed by atoms with Gasteiger partial charge >= 0.3 is 5.69 Å². The number of carbonyl (C=O) groups excluding carboxylic acids is 1. The van der Waals surface area contributed by atoms with Gasteiger partial charge in [-0.1, -0.05) is 12.1 Å². The maximum Gasteiger partial charge on any atom is 0.306 e. The zero-order valence-corrected chi connectivity index (χ0v) is 14.8. The van der Waals surface area contributed by atoms with Crippen LogP contribution < -0.4 is 5.32 Å². The van der Waals surface area contributed by atoms with Gasteiger partial charge in [0.15, 0.2) is 0 Å². The van der Waals surface area contributed by atoms with Gasteiger partial charge in [-0.3, -0.25) is 19.6 Å². The van der Waals surface area contributed by atoms with Gasteiger partial charge in [-0.15, -0.1) is 0 Å². The van der Waals surface area contributed by atoms with Crippen LogP contribution in [0.2, 0.25) is 0 Å². The van der Waals surface area contributed by atoms with E-state index in [1.54, 1.807) is 12.1 Å². The van der Waals surface area contributed by atoms with Gasteiger partial charge in [0.1, 0.15) is 0 Å². The average Bonchev–Trinajstić information content (AvgIpc) is 2.94. The molecule has 2 aromatic carbocycles. The molecule has 0 aliphatic carbocycles. The zero-order chi connectivity index (χ0) is 19.6. The molecule has 0 aliphatic rings. The van der Waals surface area contributed by atoms with E-state index in [2.05, 4.69) is 10.4 Å². The summed E-state index contributed by atoms with van der Waals surface area (Å²) in [5, 5.41) is 17.7. The van der Waals surface area contributed by atoms with Crippen LogP contribution in [0, 0.1) is 29.8 Å². The molecule has 1 N–H and O–H groups in total. The fraction of sp³-hybridized carbons (Fsp3) is 0.158. The molecule has 1 aromatic heterocycles. The third-order valence-corrected chi connectivity index (χ3v) is 4.05. The summed E-state index contributed by atoms with van der Waals surface area (Å²) in [5.74, 6) is -1.39.